The monoisotopic (exact) mass is 698 g/mol. The Hall–Kier alpha value is -3.48. The van der Waals surface area contributed by atoms with E-state index in [1.165, 1.54) is 4.90 Å². The largest absolute Gasteiger partial charge is 0.379 e. The van der Waals surface area contributed by atoms with Crippen molar-refractivity contribution in [3.63, 3.8) is 0 Å². The highest BCUT2D eigenvalue weighted by Gasteiger charge is 2.69. The maximum atomic E-state index is 14.3. The molecule has 0 aromatic carbocycles. The highest BCUT2D eigenvalue weighted by molar-refractivity contribution is 6.38. The van der Waals surface area contributed by atoms with Gasteiger partial charge in [0.25, 0.3) is 5.91 Å². The fourth-order valence-electron chi connectivity index (χ4n) is 7.91. The van der Waals surface area contributed by atoms with Crippen LogP contribution in [0.3, 0.4) is 0 Å². The minimum absolute atomic E-state index is 0.0125. The molecule has 3 saturated heterocycles. The van der Waals surface area contributed by atoms with Crippen LogP contribution in [0, 0.1) is 22.7 Å². The number of carbonyl (C=O) groups excluding carboxylic acids is 6. The van der Waals surface area contributed by atoms with Crippen molar-refractivity contribution in [2.75, 3.05) is 32.8 Å². The SMILES string of the molecule is C=C(C)[C@@H](CN1CCC(C)(C)CC1=O)NC(=O)N[C@H]1COCCCCCCC[C@@H](C(=O)C(=O)NC2CC2)NC(=O)[C@@H]2[C@@H]3[C@H](CN2C1=O)C3(C)C. The van der Waals surface area contributed by atoms with Crippen LogP contribution in [0.15, 0.2) is 12.2 Å². The predicted octanol–water partition coefficient (Wildman–Crippen LogP) is 2.43. The zero-order valence-electron chi connectivity index (χ0n) is 30.6. The van der Waals surface area contributed by atoms with Crippen molar-refractivity contribution in [2.24, 2.45) is 22.7 Å². The minimum atomic E-state index is -1.08. The van der Waals surface area contributed by atoms with E-state index >= 15 is 0 Å². The number of nitrogens with zero attached hydrogens (tertiary/aromatic N) is 2. The number of hydrogen-bond acceptors (Lipinski definition) is 7. The van der Waals surface area contributed by atoms with Crippen molar-refractivity contribution >= 4 is 35.4 Å². The van der Waals surface area contributed by atoms with Gasteiger partial charge in [0.05, 0.1) is 18.7 Å². The maximum Gasteiger partial charge on any atom is 0.316 e. The highest BCUT2D eigenvalue weighted by Crippen LogP contribution is 2.65. The number of carbonyl (C=O) groups is 6. The highest BCUT2D eigenvalue weighted by atomic mass is 16.5. The van der Waals surface area contributed by atoms with E-state index in [1.807, 2.05) is 0 Å². The third-order valence-corrected chi connectivity index (χ3v) is 11.5. The second kappa shape index (κ2) is 15.4. The molecule has 0 spiro atoms. The van der Waals surface area contributed by atoms with Crippen LogP contribution in [-0.4, -0.2) is 108 Å². The summed E-state index contributed by atoms with van der Waals surface area (Å²) in [4.78, 5) is 84.1. The van der Waals surface area contributed by atoms with Gasteiger partial charge in [-0.25, -0.2) is 4.79 Å². The number of amides is 6. The van der Waals surface area contributed by atoms with E-state index in [9.17, 15) is 28.8 Å². The molecule has 6 amide bonds. The number of ether oxygens (including phenoxy) is 1. The van der Waals surface area contributed by atoms with E-state index in [-0.39, 0.29) is 47.8 Å². The van der Waals surface area contributed by atoms with Crippen LogP contribution in [-0.2, 0) is 28.7 Å². The summed E-state index contributed by atoms with van der Waals surface area (Å²) < 4.78 is 5.94. The van der Waals surface area contributed by atoms with Crippen LogP contribution >= 0.6 is 0 Å². The smallest absolute Gasteiger partial charge is 0.316 e. The van der Waals surface area contributed by atoms with E-state index in [0.29, 0.717) is 44.5 Å². The standard InChI is InChI=1S/C37H58N6O7/c1-22(2)26(20-42-16-15-36(3,4)18-28(42)44)40-35(49)41-27-21-50-17-11-9-7-8-10-12-25(31(45)33(47)38-23-13-14-23)39-32(46)30-29-24(37(29,5)6)19-43(30)34(27)48/h23-27,29-30H,1,7-21H2,2-6H3,(H,38,47)(H,39,46)(H2,40,41,49)/t24-,25-,26+,27-,29-,30-/m0/s1. The van der Waals surface area contributed by atoms with Crippen molar-refractivity contribution in [2.45, 2.75) is 129 Å². The molecule has 5 rings (SSSR count). The second-order valence-electron chi connectivity index (χ2n) is 16.7. The van der Waals surface area contributed by atoms with Gasteiger partial charge in [0, 0.05) is 38.7 Å². The van der Waals surface area contributed by atoms with Gasteiger partial charge in [-0.2, -0.15) is 0 Å². The van der Waals surface area contributed by atoms with Gasteiger partial charge >= 0.3 is 6.03 Å². The van der Waals surface area contributed by atoms with Crippen molar-refractivity contribution < 1.29 is 33.5 Å². The normalized spacial score (nSPS) is 30.7. The Labute approximate surface area is 296 Å². The van der Waals surface area contributed by atoms with E-state index in [4.69, 9.17) is 4.74 Å². The van der Waals surface area contributed by atoms with Crippen LogP contribution in [0.25, 0.3) is 0 Å². The first-order valence-corrected chi connectivity index (χ1v) is 18.6. The number of rotatable bonds is 8. The van der Waals surface area contributed by atoms with Gasteiger partial charge in [0.15, 0.2) is 0 Å². The Kier molecular flexibility index (Phi) is 11.6. The summed E-state index contributed by atoms with van der Waals surface area (Å²) in [5.74, 6) is -2.25. The Bertz CT molecular complexity index is 1360. The van der Waals surface area contributed by atoms with E-state index < -0.39 is 53.7 Å². The molecular weight excluding hydrogens is 640 g/mol. The van der Waals surface area contributed by atoms with Crippen LogP contribution in [0.4, 0.5) is 4.79 Å². The molecule has 0 aromatic rings. The van der Waals surface area contributed by atoms with E-state index in [1.54, 1.807) is 11.8 Å². The molecule has 278 valence electrons. The molecule has 3 aliphatic heterocycles. The minimum Gasteiger partial charge on any atom is -0.379 e. The summed E-state index contributed by atoms with van der Waals surface area (Å²) in [6.45, 7) is 15.6. The van der Waals surface area contributed by atoms with Gasteiger partial charge in [0.2, 0.25) is 23.5 Å². The van der Waals surface area contributed by atoms with Gasteiger partial charge in [-0.1, -0.05) is 65.5 Å². The zero-order valence-corrected chi connectivity index (χ0v) is 30.6. The van der Waals surface area contributed by atoms with Gasteiger partial charge < -0.3 is 35.8 Å². The van der Waals surface area contributed by atoms with Gasteiger partial charge in [-0.05, 0) is 61.7 Å². The lowest BCUT2D eigenvalue weighted by Gasteiger charge is -2.38. The Morgan fingerprint density at radius 1 is 1.00 bits per heavy atom. The molecule has 4 N–H and O–H groups in total. The van der Waals surface area contributed by atoms with E-state index in [2.05, 4.69) is 55.5 Å². The Morgan fingerprint density at radius 2 is 1.70 bits per heavy atom. The summed E-state index contributed by atoms with van der Waals surface area (Å²) in [6.07, 6.45) is 7.35. The van der Waals surface area contributed by atoms with Crippen LogP contribution in [0.1, 0.15) is 98.8 Å². The van der Waals surface area contributed by atoms with Gasteiger partial charge in [-0.3, -0.25) is 24.0 Å². The average molecular weight is 699 g/mol. The first-order chi connectivity index (χ1) is 23.6. The van der Waals surface area contributed by atoms with Crippen LogP contribution in [0.2, 0.25) is 0 Å². The molecule has 13 nitrogen and oxygen atoms in total. The average Bonchev–Trinajstić information content (AvgIpc) is 3.89. The number of Topliss-reactive ketones (excluding diaryl/α,β-unsaturated/α-hetero) is 1. The number of likely N-dealkylation sites (tertiary alicyclic amines) is 1. The summed E-state index contributed by atoms with van der Waals surface area (Å²) >= 11 is 0. The van der Waals surface area contributed by atoms with Crippen molar-refractivity contribution in [1.29, 1.82) is 0 Å². The number of hydrogen-bond donors (Lipinski definition) is 4. The molecule has 0 radical (unpaired) electrons. The van der Waals surface area contributed by atoms with Gasteiger partial charge in [-0.15, -0.1) is 0 Å². The fourth-order valence-corrected chi connectivity index (χ4v) is 7.91. The molecule has 13 heteroatoms. The Balaban J connectivity index is 1.31. The molecule has 6 atom stereocenters. The molecule has 2 saturated carbocycles. The first kappa shape index (κ1) is 37.8. The number of piperidine rings is 2. The lowest BCUT2D eigenvalue weighted by atomic mass is 9.82. The summed E-state index contributed by atoms with van der Waals surface area (Å²) in [7, 11) is 0. The molecule has 0 aromatic heterocycles. The van der Waals surface area contributed by atoms with Crippen molar-refractivity contribution in [1.82, 2.24) is 31.1 Å². The number of ketones is 1. The molecule has 3 heterocycles. The van der Waals surface area contributed by atoms with E-state index in [0.717, 1.165) is 44.9 Å². The zero-order chi connectivity index (χ0) is 36.4. The third kappa shape index (κ3) is 9.05. The van der Waals surface area contributed by atoms with Crippen molar-refractivity contribution in [3.8, 4) is 0 Å². The summed E-state index contributed by atoms with van der Waals surface area (Å²) in [5.41, 5.74) is 0.421. The van der Waals surface area contributed by atoms with Crippen molar-refractivity contribution in [3.05, 3.63) is 12.2 Å². The fraction of sp³-hybridized carbons (Fsp3) is 0.784. The molecular formula is C37H58N6O7. The number of nitrogens with one attached hydrogen (secondary N) is 4. The number of urea groups is 1. The summed E-state index contributed by atoms with van der Waals surface area (Å²) in [5, 5.41) is 11.4. The first-order valence-electron chi connectivity index (χ1n) is 18.6. The second-order valence-corrected chi connectivity index (χ2v) is 16.7. The van der Waals surface area contributed by atoms with Crippen LogP contribution < -0.4 is 21.3 Å². The third-order valence-electron chi connectivity index (χ3n) is 11.5. The van der Waals surface area contributed by atoms with Crippen LogP contribution in [0.5, 0.6) is 0 Å². The predicted molar refractivity (Wildman–Crippen MR) is 187 cm³/mol. The number of fused-ring (bicyclic) bond motifs is 3. The molecule has 5 fully saturated rings. The van der Waals surface area contributed by atoms with Gasteiger partial charge in [0.1, 0.15) is 12.1 Å². The molecule has 5 aliphatic rings. The summed E-state index contributed by atoms with van der Waals surface area (Å²) in [6, 6.07) is -4.04. The molecule has 0 unspecified atom stereocenters. The maximum absolute atomic E-state index is 14.3. The Morgan fingerprint density at radius 3 is 2.38 bits per heavy atom. The lowest BCUT2D eigenvalue weighted by Crippen LogP contribution is -2.60. The molecule has 50 heavy (non-hydrogen) atoms. The molecule has 0 bridgehead atoms. The lowest BCUT2D eigenvalue weighted by molar-refractivity contribution is -0.144. The topological polar surface area (TPSA) is 166 Å². The molecule has 2 aliphatic carbocycles. The quantitative estimate of drug-likeness (QED) is 0.223.